The molecule has 1 amide bonds. The van der Waals surface area contributed by atoms with Crippen LogP contribution >= 0.6 is 0 Å². The van der Waals surface area contributed by atoms with Crippen LogP contribution in [0.15, 0.2) is 24.3 Å². The minimum atomic E-state index is -0.00436. The molecule has 0 heterocycles. The van der Waals surface area contributed by atoms with Crippen LogP contribution < -0.4 is 4.74 Å². The average molecular weight is 291 g/mol. The molecule has 1 rings (SSSR count). The zero-order chi connectivity index (χ0) is 15.7. The number of carbonyl (C=O) groups is 2. The maximum Gasteiger partial charge on any atom is 0.222 e. The van der Waals surface area contributed by atoms with Crippen molar-refractivity contribution in [2.24, 2.45) is 0 Å². The Balaban J connectivity index is 2.44. The van der Waals surface area contributed by atoms with E-state index in [9.17, 15) is 9.59 Å². The Hall–Kier alpha value is -1.84. The van der Waals surface area contributed by atoms with Crippen LogP contribution in [-0.4, -0.2) is 36.8 Å². The van der Waals surface area contributed by atoms with E-state index in [-0.39, 0.29) is 24.5 Å². The van der Waals surface area contributed by atoms with Crippen molar-refractivity contribution < 1.29 is 14.3 Å². The van der Waals surface area contributed by atoms with E-state index in [1.54, 1.807) is 36.2 Å². The number of Topliss-reactive ketones (excluding diaryl/α,β-unsaturated/α-hetero) is 1. The number of unbranched alkanes of at least 4 members (excludes halogenated alkanes) is 1. The van der Waals surface area contributed by atoms with Crippen LogP contribution in [0, 0.1) is 0 Å². The summed E-state index contributed by atoms with van der Waals surface area (Å²) in [7, 11) is 1.79. The SMILES string of the molecule is CCCCN(C)C(=O)CCC(=O)c1ccc(OCC)cc1. The third-order valence-corrected chi connectivity index (χ3v) is 3.33. The number of amides is 1. The van der Waals surface area contributed by atoms with Gasteiger partial charge in [-0.15, -0.1) is 0 Å². The molecule has 21 heavy (non-hydrogen) atoms. The predicted molar refractivity (Wildman–Crippen MR) is 83.7 cm³/mol. The van der Waals surface area contributed by atoms with Crippen molar-refractivity contribution in [3.05, 3.63) is 29.8 Å². The van der Waals surface area contributed by atoms with Crippen molar-refractivity contribution in [1.29, 1.82) is 0 Å². The molecular weight excluding hydrogens is 266 g/mol. The van der Waals surface area contributed by atoms with Crippen LogP contribution in [0.25, 0.3) is 0 Å². The van der Waals surface area contributed by atoms with Gasteiger partial charge in [0.1, 0.15) is 5.75 Å². The highest BCUT2D eigenvalue weighted by atomic mass is 16.5. The lowest BCUT2D eigenvalue weighted by atomic mass is 10.1. The fourth-order valence-corrected chi connectivity index (χ4v) is 1.98. The quantitative estimate of drug-likeness (QED) is 0.656. The number of carbonyl (C=O) groups excluding carboxylic acids is 2. The van der Waals surface area contributed by atoms with E-state index in [2.05, 4.69) is 6.92 Å². The van der Waals surface area contributed by atoms with Gasteiger partial charge < -0.3 is 9.64 Å². The van der Waals surface area contributed by atoms with E-state index in [4.69, 9.17) is 4.74 Å². The Labute approximate surface area is 127 Å². The first-order valence-electron chi connectivity index (χ1n) is 7.58. The minimum absolute atomic E-state index is 0.00436. The van der Waals surface area contributed by atoms with Gasteiger partial charge in [0.05, 0.1) is 6.61 Å². The molecule has 0 aliphatic rings. The van der Waals surface area contributed by atoms with Gasteiger partial charge in [0, 0.05) is 32.0 Å². The van der Waals surface area contributed by atoms with E-state index in [0.717, 1.165) is 25.1 Å². The highest BCUT2D eigenvalue weighted by Gasteiger charge is 2.12. The smallest absolute Gasteiger partial charge is 0.222 e. The number of ether oxygens (including phenoxy) is 1. The molecular formula is C17H25NO3. The van der Waals surface area contributed by atoms with E-state index in [1.807, 2.05) is 6.92 Å². The molecule has 0 fully saturated rings. The van der Waals surface area contributed by atoms with Crippen LogP contribution in [0.3, 0.4) is 0 Å². The Bertz CT molecular complexity index is 454. The third kappa shape index (κ3) is 5.98. The van der Waals surface area contributed by atoms with Crippen molar-refractivity contribution >= 4 is 11.7 Å². The first kappa shape index (κ1) is 17.2. The standard InChI is InChI=1S/C17H25NO3/c1-4-6-13-18(3)17(20)12-11-16(19)14-7-9-15(10-8-14)21-5-2/h7-10H,4-6,11-13H2,1-3H3. The molecule has 1 aromatic rings. The zero-order valence-corrected chi connectivity index (χ0v) is 13.2. The predicted octanol–water partition coefficient (Wildman–Crippen LogP) is 3.31. The van der Waals surface area contributed by atoms with Crippen molar-refractivity contribution in [2.75, 3.05) is 20.2 Å². The molecule has 0 aliphatic heterocycles. The Kier molecular flexibility index (Phi) is 7.51. The van der Waals surface area contributed by atoms with E-state index in [1.165, 1.54) is 0 Å². The van der Waals surface area contributed by atoms with Gasteiger partial charge in [0.2, 0.25) is 5.91 Å². The first-order chi connectivity index (χ1) is 10.1. The van der Waals surface area contributed by atoms with E-state index < -0.39 is 0 Å². The molecule has 4 nitrogen and oxygen atoms in total. The summed E-state index contributed by atoms with van der Waals surface area (Å²) in [4.78, 5) is 25.6. The summed E-state index contributed by atoms with van der Waals surface area (Å²) >= 11 is 0. The molecule has 0 N–H and O–H groups in total. The van der Waals surface area contributed by atoms with Crippen LogP contribution in [0.2, 0.25) is 0 Å². The molecule has 0 bridgehead atoms. The second-order valence-electron chi connectivity index (χ2n) is 5.05. The van der Waals surface area contributed by atoms with Crippen LogP contribution in [0.5, 0.6) is 5.75 Å². The second kappa shape index (κ2) is 9.16. The van der Waals surface area contributed by atoms with Crippen molar-refractivity contribution in [2.45, 2.75) is 39.5 Å². The Morgan fingerprint density at radius 2 is 1.76 bits per heavy atom. The molecule has 0 aliphatic carbocycles. The highest BCUT2D eigenvalue weighted by Crippen LogP contribution is 2.14. The van der Waals surface area contributed by atoms with Crippen molar-refractivity contribution in [1.82, 2.24) is 4.90 Å². The summed E-state index contributed by atoms with van der Waals surface area (Å²) in [5.74, 6) is 0.780. The summed E-state index contributed by atoms with van der Waals surface area (Å²) in [5, 5.41) is 0. The third-order valence-electron chi connectivity index (χ3n) is 3.33. The number of ketones is 1. The molecule has 0 aromatic heterocycles. The Morgan fingerprint density at radius 1 is 1.10 bits per heavy atom. The number of hydrogen-bond acceptors (Lipinski definition) is 3. The molecule has 1 aromatic carbocycles. The Morgan fingerprint density at radius 3 is 2.33 bits per heavy atom. The second-order valence-corrected chi connectivity index (χ2v) is 5.05. The molecule has 116 valence electrons. The van der Waals surface area contributed by atoms with Crippen LogP contribution in [0.1, 0.15) is 49.9 Å². The molecule has 0 radical (unpaired) electrons. The monoisotopic (exact) mass is 291 g/mol. The van der Waals surface area contributed by atoms with Crippen LogP contribution in [-0.2, 0) is 4.79 Å². The normalized spacial score (nSPS) is 10.2. The lowest BCUT2D eigenvalue weighted by molar-refractivity contribution is -0.129. The minimum Gasteiger partial charge on any atom is -0.494 e. The van der Waals surface area contributed by atoms with Crippen molar-refractivity contribution in [3.63, 3.8) is 0 Å². The zero-order valence-electron chi connectivity index (χ0n) is 13.2. The molecule has 0 saturated heterocycles. The van der Waals surface area contributed by atoms with Gasteiger partial charge in [-0.2, -0.15) is 0 Å². The van der Waals surface area contributed by atoms with Gasteiger partial charge >= 0.3 is 0 Å². The maximum absolute atomic E-state index is 12.0. The summed E-state index contributed by atoms with van der Waals surface area (Å²) in [6, 6.07) is 7.06. The molecule has 0 saturated carbocycles. The van der Waals surface area contributed by atoms with Gasteiger partial charge in [-0.05, 0) is 37.6 Å². The van der Waals surface area contributed by atoms with Gasteiger partial charge in [-0.1, -0.05) is 13.3 Å². The van der Waals surface area contributed by atoms with Crippen molar-refractivity contribution in [3.8, 4) is 5.75 Å². The number of rotatable bonds is 9. The van der Waals surface area contributed by atoms with Gasteiger partial charge in [0.25, 0.3) is 0 Å². The van der Waals surface area contributed by atoms with Gasteiger partial charge in [0.15, 0.2) is 5.78 Å². The number of nitrogens with zero attached hydrogens (tertiary/aromatic N) is 1. The number of benzene rings is 1. The maximum atomic E-state index is 12.0. The highest BCUT2D eigenvalue weighted by molar-refractivity contribution is 5.98. The number of hydrogen-bond donors (Lipinski definition) is 0. The lowest BCUT2D eigenvalue weighted by Gasteiger charge is -2.16. The lowest BCUT2D eigenvalue weighted by Crippen LogP contribution is -2.27. The molecule has 0 spiro atoms. The summed E-state index contributed by atoms with van der Waals surface area (Å²) < 4.78 is 5.34. The first-order valence-corrected chi connectivity index (χ1v) is 7.58. The summed E-state index contributed by atoms with van der Waals surface area (Å²) in [6.45, 7) is 5.37. The fourth-order valence-electron chi connectivity index (χ4n) is 1.98. The molecule has 0 unspecified atom stereocenters. The topological polar surface area (TPSA) is 46.6 Å². The largest absolute Gasteiger partial charge is 0.494 e. The van der Waals surface area contributed by atoms with E-state index in [0.29, 0.717) is 12.2 Å². The summed E-state index contributed by atoms with van der Waals surface area (Å²) in [6.07, 6.45) is 2.58. The average Bonchev–Trinajstić information content (AvgIpc) is 2.50. The van der Waals surface area contributed by atoms with E-state index >= 15 is 0 Å². The molecule has 0 atom stereocenters. The summed E-state index contributed by atoms with van der Waals surface area (Å²) in [5.41, 5.74) is 0.627. The van der Waals surface area contributed by atoms with Gasteiger partial charge in [-0.3, -0.25) is 9.59 Å². The fraction of sp³-hybridized carbons (Fsp3) is 0.529. The van der Waals surface area contributed by atoms with Crippen LogP contribution in [0.4, 0.5) is 0 Å². The van der Waals surface area contributed by atoms with Gasteiger partial charge in [-0.25, -0.2) is 0 Å². The molecule has 4 heteroatoms.